The van der Waals surface area contributed by atoms with E-state index in [1.165, 1.54) is 11.6 Å². The predicted molar refractivity (Wildman–Crippen MR) is 80.7 cm³/mol. The molecule has 0 aliphatic heterocycles. The maximum absolute atomic E-state index is 13.2. The number of anilines is 2. The Bertz CT molecular complexity index is 540. The van der Waals surface area contributed by atoms with Crippen LogP contribution in [0.5, 0.6) is 0 Å². The van der Waals surface area contributed by atoms with E-state index >= 15 is 0 Å². The van der Waals surface area contributed by atoms with E-state index in [1.807, 2.05) is 30.3 Å². The average Bonchev–Trinajstić information content (AvgIpc) is 2.41. The first-order chi connectivity index (χ1) is 9.15. The Labute approximate surface area is 117 Å². The highest BCUT2D eigenvalue weighted by molar-refractivity contribution is 7.99. The molecule has 0 spiro atoms. The number of hydrogen-bond acceptors (Lipinski definition) is 3. The summed E-state index contributed by atoms with van der Waals surface area (Å²) >= 11 is 1.65. The Hall–Kier alpha value is -1.68. The number of nitrogen functional groups attached to an aromatic ring is 2. The molecule has 0 bridgehead atoms. The average molecular weight is 276 g/mol. The Morgan fingerprint density at radius 3 is 2.42 bits per heavy atom. The van der Waals surface area contributed by atoms with Crippen molar-refractivity contribution in [3.05, 3.63) is 53.8 Å². The smallest absolute Gasteiger partial charge is 0.147 e. The van der Waals surface area contributed by atoms with Crippen LogP contribution in [0.1, 0.15) is 12.0 Å². The molecule has 0 aromatic heterocycles. The van der Waals surface area contributed by atoms with E-state index in [0.29, 0.717) is 0 Å². The number of rotatable bonds is 5. The molecule has 0 atom stereocenters. The number of aryl methyl sites for hydroxylation is 1. The van der Waals surface area contributed by atoms with Crippen LogP contribution in [0.25, 0.3) is 0 Å². The van der Waals surface area contributed by atoms with E-state index in [0.717, 1.165) is 29.2 Å². The van der Waals surface area contributed by atoms with E-state index in [4.69, 9.17) is 11.5 Å². The summed E-state index contributed by atoms with van der Waals surface area (Å²) in [6, 6.07) is 12.9. The fourth-order valence-corrected chi connectivity index (χ4v) is 2.62. The first kappa shape index (κ1) is 13.7. The zero-order valence-electron chi connectivity index (χ0n) is 10.6. The quantitative estimate of drug-likeness (QED) is 0.497. The highest BCUT2D eigenvalue weighted by Gasteiger charge is 2.01. The van der Waals surface area contributed by atoms with Gasteiger partial charge >= 0.3 is 0 Å². The number of nitrogens with two attached hydrogens (primary N) is 2. The van der Waals surface area contributed by atoms with Crippen molar-refractivity contribution >= 4 is 23.1 Å². The van der Waals surface area contributed by atoms with Gasteiger partial charge in [0.2, 0.25) is 0 Å². The number of halogens is 1. The monoisotopic (exact) mass is 276 g/mol. The molecule has 4 N–H and O–H groups in total. The highest BCUT2D eigenvalue weighted by atomic mass is 32.2. The van der Waals surface area contributed by atoms with Crippen LogP contribution in [-0.4, -0.2) is 5.75 Å². The number of benzene rings is 2. The molecule has 0 saturated heterocycles. The van der Waals surface area contributed by atoms with Crippen molar-refractivity contribution < 1.29 is 4.39 Å². The van der Waals surface area contributed by atoms with E-state index < -0.39 is 0 Å². The Morgan fingerprint density at radius 1 is 1.00 bits per heavy atom. The van der Waals surface area contributed by atoms with E-state index in [2.05, 4.69) is 0 Å². The van der Waals surface area contributed by atoms with Crippen LogP contribution in [0.15, 0.2) is 47.4 Å². The van der Waals surface area contributed by atoms with Gasteiger partial charge in [0, 0.05) is 10.6 Å². The molecule has 100 valence electrons. The summed E-state index contributed by atoms with van der Waals surface area (Å²) in [6.45, 7) is 0. The van der Waals surface area contributed by atoms with Crippen molar-refractivity contribution in [2.24, 2.45) is 0 Å². The lowest BCUT2D eigenvalue weighted by atomic mass is 10.1. The molecule has 2 aromatic rings. The van der Waals surface area contributed by atoms with Gasteiger partial charge in [0.15, 0.2) is 0 Å². The molecule has 0 aliphatic carbocycles. The Kier molecular flexibility index (Phi) is 4.68. The van der Waals surface area contributed by atoms with E-state index in [9.17, 15) is 4.39 Å². The summed E-state index contributed by atoms with van der Waals surface area (Å²) in [4.78, 5) is 0.920. The van der Waals surface area contributed by atoms with Gasteiger partial charge in [-0.15, -0.1) is 11.8 Å². The lowest BCUT2D eigenvalue weighted by Crippen LogP contribution is -1.91. The van der Waals surface area contributed by atoms with Crippen LogP contribution in [0.3, 0.4) is 0 Å². The molecule has 0 amide bonds. The van der Waals surface area contributed by atoms with Crippen molar-refractivity contribution in [3.8, 4) is 0 Å². The van der Waals surface area contributed by atoms with Crippen LogP contribution in [0.4, 0.5) is 15.8 Å². The summed E-state index contributed by atoms with van der Waals surface area (Å²) in [5.74, 6) is 0.608. The highest BCUT2D eigenvalue weighted by Crippen LogP contribution is 2.23. The summed E-state index contributed by atoms with van der Waals surface area (Å²) < 4.78 is 13.2. The minimum absolute atomic E-state index is 0.200. The number of hydrogen-bond donors (Lipinski definition) is 2. The first-order valence-electron chi connectivity index (χ1n) is 6.17. The predicted octanol–water partition coefficient (Wildman–Crippen LogP) is 3.72. The molecule has 0 heterocycles. The largest absolute Gasteiger partial charge is 0.399 e. The molecule has 0 saturated carbocycles. The second-order valence-corrected chi connectivity index (χ2v) is 5.55. The zero-order chi connectivity index (χ0) is 13.7. The molecule has 2 rings (SSSR count). The summed E-state index contributed by atoms with van der Waals surface area (Å²) in [5, 5.41) is 0. The molecule has 0 unspecified atom stereocenters. The van der Waals surface area contributed by atoms with Gasteiger partial charge < -0.3 is 11.5 Å². The zero-order valence-corrected chi connectivity index (χ0v) is 11.4. The second kappa shape index (κ2) is 6.48. The Balaban J connectivity index is 1.77. The van der Waals surface area contributed by atoms with Crippen LogP contribution in [0, 0.1) is 5.82 Å². The van der Waals surface area contributed by atoms with Gasteiger partial charge in [-0.25, -0.2) is 4.39 Å². The molecule has 0 aliphatic rings. The summed E-state index contributed by atoms with van der Waals surface area (Å²) in [5.41, 5.74) is 13.3. The molecule has 0 fully saturated rings. The molecule has 19 heavy (non-hydrogen) atoms. The van der Waals surface area contributed by atoms with Gasteiger partial charge in [0.1, 0.15) is 5.82 Å². The number of thioether (sulfide) groups is 1. The lowest BCUT2D eigenvalue weighted by molar-refractivity contribution is 0.629. The fraction of sp³-hybridized carbons (Fsp3) is 0.200. The molecule has 4 heteroatoms. The molecule has 2 nitrogen and oxygen atoms in total. The molecular weight excluding hydrogens is 259 g/mol. The van der Waals surface area contributed by atoms with Gasteiger partial charge in [-0.05, 0) is 54.5 Å². The van der Waals surface area contributed by atoms with Crippen molar-refractivity contribution in [2.45, 2.75) is 17.7 Å². The third kappa shape index (κ3) is 4.17. The van der Waals surface area contributed by atoms with Crippen LogP contribution >= 0.6 is 11.8 Å². The second-order valence-electron chi connectivity index (χ2n) is 4.38. The van der Waals surface area contributed by atoms with Crippen molar-refractivity contribution in [1.29, 1.82) is 0 Å². The van der Waals surface area contributed by atoms with Crippen LogP contribution < -0.4 is 11.5 Å². The van der Waals surface area contributed by atoms with Crippen LogP contribution in [-0.2, 0) is 6.42 Å². The van der Waals surface area contributed by atoms with E-state index in [-0.39, 0.29) is 11.5 Å². The Morgan fingerprint density at radius 2 is 1.74 bits per heavy atom. The van der Waals surface area contributed by atoms with Gasteiger partial charge in [-0.3, -0.25) is 0 Å². The minimum atomic E-state index is -0.344. The van der Waals surface area contributed by atoms with Gasteiger partial charge in [0.05, 0.1) is 5.69 Å². The third-order valence-electron chi connectivity index (χ3n) is 2.83. The van der Waals surface area contributed by atoms with Crippen LogP contribution in [0.2, 0.25) is 0 Å². The van der Waals surface area contributed by atoms with E-state index in [1.54, 1.807) is 17.8 Å². The SMILES string of the molecule is Nc1ccc(CCCSc2ccc(N)c(F)c2)cc1. The molecular formula is C15H17FN2S. The molecule has 2 aromatic carbocycles. The standard InChI is InChI=1S/C15H17FN2S/c16-14-10-13(7-8-15(14)18)19-9-1-2-11-3-5-12(17)6-4-11/h3-8,10H,1-2,9,17-18H2. The third-order valence-corrected chi connectivity index (χ3v) is 3.91. The maximum atomic E-state index is 13.2. The molecule has 0 radical (unpaired) electrons. The minimum Gasteiger partial charge on any atom is -0.399 e. The van der Waals surface area contributed by atoms with Crippen molar-refractivity contribution in [2.75, 3.05) is 17.2 Å². The summed E-state index contributed by atoms with van der Waals surface area (Å²) in [7, 11) is 0. The van der Waals surface area contributed by atoms with Gasteiger partial charge in [-0.1, -0.05) is 12.1 Å². The lowest BCUT2D eigenvalue weighted by Gasteiger charge is -2.04. The van der Waals surface area contributed by atoms with Gasteiger partial charge in [-0.2, -0.15) is 0 Å². The van der Waals surface area contributed by atoms with Crippen molar-refractivity contribution in [3.63, 3.8) is 0 Å². The van der Waals surface area contributed by atoms with Crippen molar-refractivity contribution in [1.82, 2.24) is 0 Å². The maximum Gasteiger partial charge on any atom is 0.147 e. The van der Waals surface area contributed by atoms with Gasteiger partial charge in [0.25, 0.3) is 0 Å². The topological polar surface area (TPSA) is 52.0 Å². The summed E-state index contributed by atoms with van der Waals surface area (Å²) in [6.07, 6.45) is 2.05. The normalized spacial score (nSPS) is 10.6. The fourth-order valence-electron chi connectivity index (χ4n) is 1.75. The first-order valence-corrected chi connectivity index (χ1v) is 7.16.